The minimum absolute atomic E-state index is 0.740. The number of carbonyl (C=O) groups is 1. The standard InChI is InChI=1S/C5H8O4/c1-2-5(8,9)3-4(6)7/h2,8-9H,1,3H2,(H,6,7). The third-order valence-electron chi connectivity index (χ3n) is 0.738. The van der Waals surface area contributed by atoms with Crippen molar-refractivity contribution in [2.24, 2.45) is 0 Å². The monoisotopic (exact) mass is 132 g/mol. The topological polar surface area (TPSA) is 77.8 Å². The van der Waals surface area contributed by atoms with Crippen molar-refractivity contribution in [3.05, 3.63) is 12.7 Å². The molecule has 0 unspecified atom stereocenters. The van der Waals surface area contributed by atoms with Crippen LogP contribution in [0.3, 0.4) is 0 Å². The summed E-state index contributed by atoms with van der Waals surface area (Å²) in [5.74, 6) is -3.55. The fraction of sp³-hybridized carbons (Fsp3) is 0.400. The highest BCUT2D eigenvalue weighted by Gasteiger charge is 2.21. The van der Waals surface area contributed by atoms with E-state index >= 15 is 0 Å². The second kappa shape index (κ2) is 2.61. The number of hydrogen-bond acceptors (Lipinski definition) is 3. The molecular weight excluding hydrogens is 124 g/mol. The molecule has 52 valence electrons. The summed E-state index contributed by atoms with van der Waals surface area (Å²) in [7, 11) is 0. The Hall–Kier alpha value is -0.870. The van der Waals surface area contributed by atoms with Crippen molar-refractivity contribution in [2.45, 2.75) is 12.2 Å². The first-order valence-electron chi connectivity index (χ1n) is 2.28. The molecule has 0 saturated heterocycles. The van der Waals surface area contributed by atoms with E-state index in [0.29, 0.717) is 0 Å². The molecule has 0 saturated carbocycles. The molecule has 0 aromatic heterocycles. The van der Waals surface area contributed by atoms with E-state index in [0.717, 1.165) is 6.08 Å². The molecule has 0 spiro atoms. The quantitative estimate of drug-likeness (QED) is 0.351. The Morgan fingerprint density at radius 2 is 2.11 bits per heavy atom. The van der Waals surface area contributed by atoms with Gasteiger partial charge in [0.25, 0.3) is 0 Å². The molecule has 0 aliphatic heterocycles. The van der Waals surface area contributed by atoms with Gasteiger partial charge in [-0.2, -0.15) is 0 Å². The molecule has 9 heavy (non-hydrogen) atoms. The zero-order valence-corrected chi connectivity index (χ0v) is 4.74. The van der Waals surface area contributed by atoms with Crippen LogP contribution in [0.25, 0.3) is 0 Å². The van der Waals surface area contributed by atoms with E-state index in [1.54, 1.807) is 0 Å². The number of aliphatic hydroxyl groups is 2. The first-order valence-corrected chi connectivity index (χ1v) is 2.28. The molecule has 0 radical (unpaired) electrons. The molecule has 0 aromatic rings. The summed E-state index contributed by atoms with van der Waals surface area (Å²) in [4.78, 5) is 9.81. The molecule has 0 aliphatic rings. The van der Waals surface area contributed by atoms with Crippen LogP contribution in [0.4, 0.5) is 0 Å². The van der Waals surface area contributed by atoms with Crippen molar-refractivity contribution in [1.29, 1.82) is 0 Å². The molecule has 4 nitrogen and oxygen atoms in total. The summed E-state index contributed by atoms with van der Waals surface area (Å²) in [5, 5.41) is 25.1. The number of carboxylic acid groups (broad SMARTS) is 1. The van der Waals surface area contributed by atoms with Crippen LogP contribution >= 0.6 is 0 Å². The van der Waals surface area contributed by atoms with Crippen LogP contribution < -0.4 is 0 Å². The summed E-state index contributed by atoms with van der Waals surface area (Å²) in [6, 6.07) is 0. The normalized spacial score (nSPS) is 10.9. The molecule has 0 amide bonds. The molecule has 3 N–H and O–H groups in total. The van der Waals surface area contributed by atoms with E-state index in [2.05, 4.69) is 6.58 Å². The lowest BCUT2D eigenvalue weighted by molar-refractivity contribution is -0.160. The smallest absolute Gasteiger partial charge is 0.309 e. The Bertz CT molecular complexity index is 127. The van der Waals surface area contributed by atoms with Gasteiger partial charge in [0.15, 0.2) is 5.79 Å². The van der Waals surface area contributed by atoms with Gasteiger partial charge in [-0.1, -0.05) is 6.58 Å². The van der Waals surface area contributed by atoms with Crippen LogP contribution in [0, 0.1) is 0 Å². The van der Waals surface area contributed by atoms with Gasteiger partial charge in [-0.05, 0) is 6.08 Å². The van der Waals surface area contributed by atoms with Crippen molar-refractivity contribution in [1.82, 2.24) is 0 Å². The molecule has 0 bridgehead atoms. The predicted octanol–water partition coefficient (Wildman–Crippen LogP) is -0.672. The van der Waals surface area contributed by atoms with Gasteiger partial charge in [0.05, 0.1) is 0 Å². The maximum atomic E-state index is 9.81. The predicted molar refractivity (Wildman–Crippen MR) is 29.6 cm³/mol. The van der Waals surface area contributed by atoms with E-state index < -0.39 is 18.2 Å². The molecular formula is C5H8O4. The first-order chi connectivity index (χ1) is 3.98. The second-order valence-corrected chi connectivity index (χ2v) is 1.65. The first kappa shape index (κ1) is 8.13. The van der Waals surface area contributed by atoms with Gasteiger partial charge in [-0.3, -0.25) is 4.79 Å². The van der Waals surface area contributed by atoms with Crippen molar-refractivity contribution in [3.8, 4) is 0 Å². The number of rotatable bonds is 3. The lowest BCUT2D eigenvalue weighted by atomic mass is 10.2. The third kappa shape index (κ3) is 3.69. The average Bonchev–Trinajstić information content (AvgIpc) is 1.63. The SMILES string of the molecule is C=CC(O)(O)CC(=O)O. The summed E-state index contributed by atoms with van der Waals surface area (Å²) < 4.78 is 0. The van der Waals surface area contributed by atoms with Crippen molar-refractivity contribution in [2.75, 3.05) is 0 Å². The van der Waals surface area contributed by atoms with Crippen LogP contribution in [0.15, 0.2) is 12.7 Å². The van der Waals surface area contributed by atoms with Crippen LogP contribution in [0.1, 0.15) is 6.42 Å². The number of carboxylic acids is 1. The summed E-state index contributed by atoms with van der Waals surface area (Å²) in [6.07, 6.45) is 0.0254. The maximum absolute atomic E-state index is 9.81. The van der Waals surface area contributed by atoms with Gasteiger partial charge in [0, 0.05) is 0 Å². The fourth-order valence-electron chi connectivity index (χ4n) is 0.295. The van der Waals surface area contributed by atoms with Gasteiger partial charge in [0.1, 0.15) is 6.42 Å². The Kier molecular flexibility index (Phi) is 2.36. The lowest BCUT2D eigenvalue weighted by Crippen LogP contribution is -2.27. The van der Waals surface area contributed by atoms with Crippen LogP contribution in [-0.4, -0.2) is 27.1 Å². The molecule has 0 rings (SSSR count). The van der Waals surface area contributed by atoms with E-state index in [4.69, 9.17) is 15.3 Å². The van der Waals surface area contributed by atoms with Crippen LogP contribution in [0.5, 0.6) is 0 Å². The number of hydrogen-bond donors (Lipinski definition) is 3. The summed E-state index contributed by atoms with van der Waals surface area (Å²) >= 11 is 0. The van der Waals surface area contributed by atoms with E-state index in [9.17, 15) is 4.79 Å². The van der Waals surface area contributed by atoms with Gasteiger partial charge < -0.3 is 15.3 Å². The van der Waals surface area contributed by atoms with Gasteiger partial charge in [0.2, 0.25) is 0 Å². The maximum Gasteiger partial charge on any atom is 0.309 e. The van der Waals surface area contributed by atoms with E-state index in [1.165, 1.54) is 0 Å². The Morgan fingerprint density at radius 3 is 2.22 bits per heavy atom. The Balaban J connectivity index is 3.86. The minimum atomic E-state index is -2.27. The molecule has 0 atom stereocenters. The Morgan fingerprint density at radius 1 is 1.67 bits per heavy atom. The highest BCUT2D eigenvalue weighted by molar-refractivity contribution is 5.68. The zero-order valence-electron chi connectivity index (χ0n) is 4.74. The Labute approximate surface area is 52.1 Å². The minimum Gasteiger partial charge on any atom is -0.481 e. The van der Waals surface area contributed by atoms with Gasteiger partial charge in [-0.25, -0.2) is 0 Å². The molecule has 0 heterocycles. The average molecular weight is 132 g/mol. The summed E-state index contributed by atoms with van der Waals surface area (Å²) in [6.45, 7) is 3.02. The second-order valence-electron chi connectivity index (χ2n) is 1.65. The van der Waals surface area contributed by atoms with Crippen LogP contribution in [-0.2, 0) is 4.79 Å². The highest BCUT2D eigenvalue weighted by Crippen LogP contribution is 2.05. The third-order valence-corrected chi connectivity index (χ3v) is 0.738. The van der Waals surface area contributed by atoms with Crippen molar-refractivity contribution in [3.63, 3.8) is 0 Å². The van der Waals surface area contributed by atoms with Crippen molar-refractivity contribution < 1.29 is 20.1 Å². The van der Waals surface area contributed by atoms with E-state index in [1.807, 2.05) is 0 Å². The number of aliphatic carboxylic acids is 1. The summed E-state index contributed by atoms with van der Waals surface area (Å²) in [5.41, 5.74) is 0. The lowest BCUT2D eigenvalue weighted by Gasteiger charge is -2.12. The van der Waals surface area contributed by atoms with Gasteiger partial charge in [-0.15, -0.1) is 0 Å². The highest BCUT2D eigenvalue weighted by atomic mass is 16.5. The molecule has 0 aromatic carbocycles. The fourth-order valence-corrected chi connectivity index (χ4v) is 0.295. The molecule has 4 heteroatoms. The van der Waals surface area contributed by atoms with Crippen molar-refractivity contribution >= 4 is 5.97 Å². The molecule has 0 aliphatic carbocycles. The van der Waals surface area contributed by atoms with Crippen LogP contribution in [0.2, 0.25) is 0 Å². The largest absolute Gasteiger partial charge is 0.481 e. The zero-order chi connectivity index (χ0) is 7.49. The van der Waals surface area contributed by atoms with E-state index in [-0.39, 0.29) is 0 Å². The molecule has 0 fully saturated rings. The van der Waals surface area contributed by atoms with Gasteiger partial charge >= 0.3 is 5.97 Å².